The SMILES string of the molecule is CCNC(=O)Nc1ncnc2c1ncn2[C@@H]1O[C@H](C)CC1O. The van der Waals surface area contributed by atoms with E-state index in [4.69, 9.17) is 4.74 Å². The van der Waals surface area contributed by atoms with Gasteiger partial charge in [0.15, 0.2) is 23.2 Å². The normalized spacial score (nSPS) is 24.6. The smallest absolute Gasteiger partial charge is 0.320 e. The highest BCUT2D eigenvalue weighted by Crippen LogP contribution is 2.31. The molecule has 1 aliphatic heterocycles. The summed E-state index contributed by atoms with van der Waals surface area (Å²) in [7, 11) is 0. The Balaban J connectivity index is 1.93. The third kappa shape index (κ3) is 2.60. The van der Waals surface area contributed by atoms with E-state index < -0.39 is 12.3 Å². The molecule has 0 spiro atoms. The highest BCUT2D eigenvalue weighted by Gasteiger charge is 2.34. The number of carbonyl (C=O) groups is 1. The van der Waals surface area contributed by atoms with E-state index in [1.807, 2.05) is 13.8 Å². The van der Waals surface area contributed by atoms with Crippen LogP contribution in [0.25, 0.3) is 11.2 Å². The van der Waals surface area contributed by atoms with Gasteiger partial charge in [-0.05, 0) is 13.8 Å². The lowest BCUT2D eigenvalue weighted by Crippen LogP contribution is -2.28. The molecule has 1 unspecified atom stereocenters. The molecule has 0 aromatic carbocycles. The molecule has 9 heteroatoms. The van der Waals surface area contributed by atoms with Gasteiger partial charge >= 0.3 is 6.03 Å². The van der Waals surface area contributed by atoms with Crippen LogP contribution in [0.1, 0.15) is 26.5 Å². The third-order valence-corrected chi connectivity index (χ3v) is 3.48. The highest BCUT2D eigenvalue weighted by atomic mass is 16.5. The summed E-state index contributed by atoms with van der Waals surface area (Å²) in [6.07, 6.45) is 2.24. The van der Waals surface area contributed by atoms with Gasteiger partial charge in [-0.1, -0.05) is 0 Å². The van der Waals surface area contributed by atoms with Crippen molar-refractivity contribution >= 4 is 23.0 Å². The molecule has 22 heavy (non-hydrogen) atoms. The van der Waals surface area contributed by atoms with E-state index in [0.29, 0.717) is 29.9 Å². The number of anilines is 1. The van der Waals surface area contributed by atoms with Crippen LogP contribution < -0.4 is 10.6 Å². The van der Waals surface area contributed by atoms with E-state index in [9.17, 15) is 9.90 Å². The summed E-state index contributed by atoms with van der Waals surface area (Å²) in [4.78, 5) is 24.1. The number of aromatic nitrogens is 4. The van der Waals surface area contributed by atoms with Crippen LogP contribution in [0.3, 0.4) is 0 Å². The lowest BCUT2D eigenvalue weighted by atomic mass is 10.2. The zero-order valence-corrected chi connectivity index (χ0v) is 12.4. The number of amides is 2. The summed E-state index contributed by atoms with van der Waals surface area (Å²) in [5.74, 6) is 0.315. The molecular weight excluding hydrogens is 288 g/mol. The Morgan fingerprint density at radius 3 is 3.00 bits per heavy atom. The van der Waals surface area contributed by atoms with Crippen molar-refractivity contribution in [2.75, 3.05) is 11.9 Å². The maximum atomic E-state index is 11.6. The molecule has 0 radical (unpaired) electrons. The van der Waals surface area contributed by atoms with Crippen LogP contribution in [-0.2, 0) is 4.74 Å². The molecule has 1 aliphatic rings. The molecule has 2 amide bonds. The number of hydrogen-bond acceptors (Lipinski definition) is 6. The van der Waals surface area contributed by atoms with Crippen LogP contribution in [-0.4, -0.2) is 49.4 Å². The zero-order valence-electron chi connectivity index (χ0n) is 12.4. The molecular formula is C13H18N6O3. The van der Waals surface area contributed by atoms with Gasteiger partial charge < -0.3 is 15.2 Å². The standard InChI is InChI=1S/C13H18N6O3/c1-3-14-13(21)18-10-9-11(16-5-15-10)19(6-17-9)12-8(20)4-7(2)22-12/h5-8,12,20H,3-4H2,1-2H3,(H2,14,15,16,18,21)/t7-,8?,12-/m1/s1. The molecule has 9 nitrogen and oxygen atoms in total. The monoisotopic (exact) mass is 306 g/mol. The first-order valence-electron chi connectivity index (χ1n) is 7.16. The van der Waals surface area contributed by atoms with Gasteiger partial charge in [-0.2, -0.15) is 0 Å². The second kappa shape index (κ2) is 5.85. The first kappa shape index (κ1) is 14.7. The Kier molecular flexibility index (Phi) is 3.90. The Morgan fingerprint density at radius 2 is 2.32 bits per heavy atom. The summed E-state index contributed by atoms with van der Waals surface area (Å²) >= 11 is 0. The number of urea groups is 1. The number of fused-ring (bicyclic) bond motifs is 1. The first-order chi connectivity index (χ1) is 10.6. The number of aliphatic hydroxyl groups is 1. The van der Waals surface area contributed by atoms with Crippen molar-refractivity contribution < 1.29 is 14.6 Å². The molecule has 3 atom stereocenters. The lowest BCUT2D eigenvalue weighted by Gasteiger charge is -2.16. The minimum atomic E-state index is -0.623. The molecule has 1 fully saturated rings. The van der Waals surface area contributed by atoms with Gasteiger partial charge in [0.1, 0.15) is 12.4 Å². The second-order valence-corrected chi connectivity index (χ2v) is 5.17. The van der Waals surface area contributed by atoms with Crippen LogP contribution in [0.2, 0.25) is 0 Å². The van der Waals surface area contributed by atoms with Crippen molar-refractivity contribution in [3.05, 3.63) is 12.7 Å². The molecule has 3 rings (SSSR count). The van der Waals surface area contributed by atoms with E-state index in [1.165, 1.54) is 12.7 Å². The van der Waals surface area contributed by atoms with Crippen LogP contribution in [0.15, 0.2) is 12.7 Å². The van der Waals surface area contributed by atoms with E-state index in [2.05, 4.69) is 25.6 Å². The molecule has 3 heterocycles. The van der Waals surface area contributed by atoms with Gasteiger partial charge in [-0.15, -0.1) is 0 Å². The number of nitrogens with one attached hydrogen (secondary N) is 2. The molecule has 0 bridgehead atoms. The third-order valence-electron chi connectivity index (χ3n) is 3.48. The fourth-order valence-corrected chi connectivity index (χ4v) is 2.53. The van der Waals surface area contributed by atoms with Crippen molar-refractivity contribution in [1.82, 2.24) is 24.8 Å². The summed E-state index contributed by atoms with van der Waals surface area (Å²) in [6.45, 7) is 4.23. The van der Waals surface area contributed by atoms with Crippen molar-refractivity contribution in [3.8, 4) is 0 Å². The van der Waals surface area contributed by atoms with Gasteiger partial charge in [-0.25, -0.2) is 19.7 Å². The minimum absolute atomic E-state index is 0.0350. The van der Waals surface area contributed by atoms with Gasteiger partial charge in [0.2, 0.25) is 0 Å². The number of imidazole rings is 1. The fraction of sp³-hybridized carbons (Fsp3) is 0.538. The number of aliphatic hydroxyl groups excluding tert-OH is 1. The van der Waals surface area contributed by atoms with E-state index >= 15 is 0 Å². The number of hydrogen-bond donors (Lipinski definition) is 3. The average Bonchev–Trinajstić information content (AvgIpc) is 3.02. The predicted molar refractivity (Wildman–Crippen MR) is 78.2 cm³/mol. The van der Waals surface area contributed by atoms with E-state index in [1.54, 1.807) is 4.57 Å². The Bertz CT molecular complexity index is 687. The van der Waals surface area contributed by atoms with Crippen LogP contribution in [0.5, 0.6) is 0 Å². The van der Waals surface area contributed by atoms with Gasteiger partial charge in [-0.3, -0.25) is 9.88 Å². The topological polar surface area (TPSA) is 114 Å². The second-order valence-electron chi connectivity index (χ2n) is 5.17. The Labute approximate surface area is 126 Å². The number of carbonyl (C=O) groups excluding carboxylic acids is 1. The number of rotatable bonds is 3. The summed E-state index contributed by atoms with van der Waals surface area (Å²) < 4.78 is 7.36. The average molecular weight is 306 g/mol. The van der Waals surface area contributed by atoms with Crippen molar-refractivity contribution in [2.45, 2.75) is 38.7 Å². The number of nitrogens with zero attached hydrogens (tertiary/aromatic N) is 4. The van der Waals surface area contributed by atoms with Gasteiger partial charge in [0.05, 0.1) is 12.4 Å². The quantitative estimate of drug-likeness (QED) is 0.766. The zero-order chi connectivity index (χ0) is 15.7. The van der Waals surface area contributed by atoms with Gasteiger partial charge in [0.25, 0.3) is 0 Å². The van der Waals surface area contributed by atoms with Crippen molar-refractivity contribution in [2.24, 2.45) is 0 Å². The van der Waals surface area contributed by atoms with Crippen LogP contribution in [0.4, 0.5) is 10.6 Å². The lowest BCUT2D eigenvalue weighted by molar-refractivity contribution is -0.0297. The molecule has 118 valence electrons. The van der Waals surface area contributed by atoms with E-state index in [0.717, 1.165) is 0 Å². The summed E-state index contributed by atoms with van der Waals surface area (Å²) in [5, 5.41) is 15.3. The largest absolute Gasteiger partial charge is 0.388 e. The van der Waals surface area contributed by atoms with Gasteiger partial charge in [0, 0.05) is 13.0 Å². The van der Waals surface area contributed by atoms with Crippen molar-refractivity contribution in [1.29, 1.82) is 0 Å². The maximum absolute atomic E-state index is 11.6. The Morgan fingerprint density at radius 1 is 1.50 bits per heavy atom. The predicted octanol–water partition coefficient (Wildman–Crippen LogP) is 0.636. The van der Waals surface area contributed by atoms with Crippen molar-refractivity contribution in [3.63, 3.8) is 0 Å². The molecule has 3 N–H and O–H groups in total. The summed E-state index contributed by atoms with van der Waals surface area (Å²) in [6, 6.07) is -0.358. The number of ether oxygens (including phenoxy) is 1. The maximum Gasteiger partial charge on any atom is 0.320 e. The molecule has 2 aromatic rings. The van der Waals surface area contributed by atoms with E-state index in [-0.39, 0.29) is 12.1 Å². The minimum Gasteiger partial charge on any atom is -0.388 e. The molecule has 2 aromatic heterocycles. The fourth-order valence-electron chi connectivity index (χ4n) is 2.53. The van der Waals surface area contributed by atoms with Crippen LogP contribution >= 0.6 is 0 Å². The Hall–Kier alpha value is -2.26. The van der Waals surface area contributed by atoms with Crippen LogP contribution in [0, 0.1) is 0 Å². The molecule has 0 aliphatic carbocycles. The summed E-state index contributed by atoms with van der Waals surface area (Å²) in [5.41, 5.74) is 0.948. The molecule has 0 saturated carbocycles. The molecule has 1 saturated heterocycles. The first-order valence-corrected chi connectivity index (χ1v) is 7.16. The highest BCUT2D eigenvalue weighted by molar-refractivity contribution is 5.95.